The molecule has 3 heterocycles. The van der Waals surface area contributed by atoms with Crippen molar-refractivity contribution in [3.05, 3.63) is 34.7 Å². The van der Waals surface area contributed by atoms with E-state index in [0.717, 1.165) is 24.1 Å². The highest BCUT2D eigenvalue weighted by Gasteiger charge is 2.41. The first kappa shape index (κ1) is 16.0. The molecular formula is C19H19N3O3S. The molecule has 1 saturated carbocycles. The molecule has 1 atom stereocenters. The van der Waals surface area contributed by atoms with E-state index in [4.69, 9.17) is 4.74 Å². The van der Waals surface area contributed by atoms with Crippen molar-refractivity contribution in [2.75, 3.05) is 11.9 Å². The van der Waals surface area contributed by atoms with Gasteiger partial charge in [0.25, 0.3) is 0 Å². The van der Waals surface area contributed by atoms with Crippen molar-refractivity contribution in [2.24, 2.45) is 5.92 Å². The van der Waals surface area contributed by atoms with E-state index in [1.54, 1.807) is 0 Å². The van der Waals surface area contributed by atoms with Crippen LogP contribution in [0.5, 0.6) is 0 Å². The minimum absolute atomic E-state index is 0.104. The monoisotopic (exact) mass is 369 g/mol. The number of benzene rings is 1. The van der Waals surface area contributed by atoms with E-state index in [9.17, 15) is 9.59 Å². The minimum atomic E-state index is -0.271. The number of aromatic nitrogens is 1. The minimum Gasteiger partial charge on any atom is -0.372 e. The quantitative estimate of drug-likeness (QED) is 0.900. The Morgan fingerprint density at radius 1 is 1.27 bits per heavy atom. The number of thiazole rings is 1. The summed E-state index contributed by atoms with van der Waals surface area (Å²) in [4.78, 5) is 31.0. The highest BCUT2D eigenvalue weighted by molar-refractivity contribution is 7.14. The predicted molar refractivity (Wildman–Crippen MR) is 97.5 cm³/mol. The maximum atomic E-state index is 12.5. The molecule has 3 aliphatic rings. The number of rotatable bonds is 4. The van der Waals surface area contributed by atoms with Gasteiger partial charge in [-0.1, -0.05) is 12.1 Å². The van der Waals surface area contributed by atoms with Gasteiger partial charge >= 0.3 is 0 Å². The van der Waals surface area contributed by atoms with Crippen LogP contribution in [0.25, 0.3) is 11.3 Å². The Hall–Kier alpha value is -2.25. The van der Waals surface area contributed by atoms with Gasteiger partial charge in [-0.25, -0.2) is 4.98 Å². The fourth-order valence-corrected chi connectivity index (χ4v) is 4.37. The lowest BCUT2D eigenvalue weighted by Crippen LogP contribution is -2.29. The van der Waals surface area contributed by atoms with Gasteiger partial charge in [-0.2, -0.15) is 0 Å². The van der Waals surface area contributed by atoms with Gasteiger partial charge in [-0.15, -0.1) is 11.3 Å². The fraction of sp³-hybridized carbons (Fsp3) is 0.421. The molecule has 134 valence electrons. The molecular weight excluding hydrogens is 350 g/mol. The Morgan fingerprint density at radius 3 is 2.96 bits per heavy atom. The normalized spacial score (nSPS) is 21.9. The SMILES string of the molecule is O=C(Nc1nc(-c2ccc3c(c2)COC3)cs1)C1CC(=O)N(C2CC2)C1. The highest BCUT2D eigenvalue weighted by atomic mass is 32.1. The molecule has 2 aliphatic heterocycles. The van der Waals surface area contributed by atoms with E-state index in [2.05, 4.69) is 22.4 Å². The zero-order valence-electron chi connectivity index (χ0n) is 14.2. The lowest BCUT2D eigenvalue weighted by molar-refractivity contribution is -0.128. The Labute approximate surface area is 155 Å². The topological polar surface area (TPSA) is 71.5 Å². The summed E-state index contributed by atoms with van der Waals surface area (Å²) in [5.74, 6) is -0.273. The van der Waals surface area contributed by atoms with Crippen molar-refractivity contribution in [3.63, 3.8) is 0 Å². The van der Waals surface area contributed by atoms with Crippen LogP contribution < -0.4 is 5.32 Å². The number of hydrogen-bond donors (Lipinski definition) is 1. The first-order valence-electron chi connectivity index (χ1n) is 8.93. The Morgan fingerprint density at radius 2 is 2.12 bits per heavy atom. The van der Waals surface area contributed by atoms with E-state index >= 15 is 0 Å². The molecule has 2 aromatic rings. The van der Waals surface area contributed by atoms with Gasteiger partial charge in [0.1, 0.15) is 0 Å². The molecule has 5 rings (SSSR count). The average Bonchev–Trinajstić information content (AvgIpc) is 3.05. The van der Waals surface area contributed by atoms with Gasteiger partial charge in [-0.05, 0) is 30.0 Å². The molecule has 0 radical (unpaired) electrons. The van der Waals surface area contributed by atoms with Crippen molar-refractivity contribution in [1.82, 2.24) is 9.88 Å². The van der Waals surface area contributed by atoms with Crippen LogP contribution >= 0.6 is 11.3 Å². The summed E-state index contributed by atoms with van der Waals surface area (Å²) >= 11 is 1.41. The van der Waals surface area contributed by atoms with Crippen LogP contribution in [-0.2, 0) is 27.5 Å². The van der Waals surface area contributed by atoms with E-state index < -0.39 is 0 Å². The molecule has 1 saturated heterocycles. The van der Waals surface area contributed by atoms with Crippen LogP contribution in [-0.4, -0.2) is 34.3 Å². The summed E-state index contributed by atoms with van der Waals surface area (Å²) < 4.78 is 5.45. The molecule has 0 spiro atoms. The number of anilines is 1. The Bertz CT molecular complexity index is 890. The third-order valence-electron chi connectivity index (χ3n) is 5.27. The summed E-state index contributed by atoms with van der Waals surface area (Å²) in [6.45, 7) is 1.86. The number of nitrogens with zero attached hydrogens (tertiary/aromatic N) is 2. The lowest BCUT2D eigenvalue weighted by Gasteiger charge is -2.14. The molecule has 1 aliphatic carbocycles. The summed E-state index contributed by atoms with van der Waals surface area (Å²) in [5.41, 5.74) is 4.30. The summed E-state index contributed by atoms with van der Waals surface area (Å²) in [6, 6.07) is 6.59. The standard InChI is InChI=1S/C19H19N3O3S/c23-17-6-13(7-22(17)15-3-4-15)18(24)21-19-20-16(10-26-19)11-1-2-12-8-25-9-14(12)5-11/h1-2,5,10,13,15H,3-4,6-9H2,(H,20,21,24). The average molecular weight is 369 g/mol. The Balaban J connectivity index is 1.27. The predicted octanol–water partition coefficient (Wildman–Crippen LogP) is 2.79. The van der Waals surface area contributed by atoms with E-state index in [1.165, 1.54) is 22.5 Å². The van der Waals surface area contributed by atoms with Crippen LogP contribution in [0.2, 0.25) is 0 Å². The largest absolute Gasteiger partial charge is 0.372 e. The van der Waals surface area contributed by atoms with Crippen molar-refractivity contribution >= 4 is 28.3 Å². The number of likely N-dealkylation sites (tertiary alicyclic amines) is 1. The van der Waals surface area contributed by atoms with Gasteiger partial charge in [0.05, 0.1) is 24.8 Å². The van der Waals surface area contributed by atoms with Gasteiger partial charge in [0, 0.05) is 30.0 Å². The molecule has 2 fully saturated rings. The lowest BCUT2D eigenvalue weighted by atomic mass is 10.1. The third kappa shape index (κ3) is 2.91. The van der Waals surface area contributed by atoms with Crippen LogP contribution in [0.3, 0.4) is 0 Å². The van der Waals surface area contributed by atoms with Crippen molar-refractivity contribution in [2.45, 2.75) is 38.5 Å². The van der Waals surface area contributed by atoms with Gasteiger partial charge < -0.3 is 15.0 Å². The molecule has 1 aromatic heterocycles. The van der Waals surface area contributed by atoms with Gasteiger partial charge in [-0.3, -0.25) is 9.59 Å². The first-order chi connectivity index (χ1) is 12.7. The van der Waals surface area contributed by atoms with E-state index in [-0.39, 0.29) is 17.7 Å². The van der Waals surface area contributed by atoms with Crippen LogP contribution in [0.4, 0.5) is 5.13 Å². The van der Waals surface area contributed by atoms with Crippen molar-refractivity contribution < 1.29 is 14.3 Å². The molecule has 1 aromatic carbocycles. The summed E-state index contributed by atoms with van der Waals surface area (Å²) in [6.07, 6.45) is 2.45. The summed E-state index contributed by atoms with van der Waals surface area (Å²) in [5, 5.41) is 5.42. The second kappa shape index (κ2) is 6.17. The van der Waals surface area contributed by atoms with Crippen LogP contribution in [0, 0.1) is 5.92 Å². The molecule has 1 N–H and O–H groups in total. The fourth-order valence-electron chi connectivity index (χ4n) is 3.65. The second-order valence-electron chi connectivity index (χ2n) is 7.18. The number of carbonyl (C=O) groups is 2. The smallest absolute Gasteiger partial charge is 0.231 e. The van der Waals surface area contributed by atoms with Gasteiger partial charge in [0.2, 0.25) is 11.8 Å². The van der Waals surface area contributed by atoms with Gasteiger partial charge in [0.15, 0.2) is 5.13 Å². The Kier molecular flexibility index (Phi) is 3.79. The second-order valence-corrected chi connectivity index (χ2v) is 8.04. The summed E-state index contributed by atoms with van der Waals surface area (Å²) in [7, 11) is 0. The number of hydrogen-bond acceptors (Lipinski definition) is 5. The number of ether oxygens (including phenoxy) is 1. The molecule has 2 amide bonds. The maximum absolute atomic E-state index is 12.5. The zero-order chi connectivity index (χ0) is 17.7. The van der Waals surface area contributed by atoms with Crippen LogP contribution in [0.15, 0.2) is 23.6 Å². The van der Waals surface area contributed by atoms with E-state index in [0.29, 0.717) is 37.4 Å². The maximum Gasteiger partial charge on any atom is 0.231 e. The number of fused-ring (bicyclic) bond motifs is 1. The van der Waals surface area contributed by atoms with E-state index in [1.807, 2.05) is 16.3 Å². The molecule has 7 heteroatoms. The first-order valence-corrected chi connectivity index (χ1v) is 9.81. The molecule has 0 bridgehead atoms. The van der Waals surface area contributed by atoms with Crippen molar-refractivity contribution in [1.29, 1.82) is 0 Å². The molecule has 6 nitrogen and oxygen atoms in total. The van der Waals surface area contributed by atoms with Crippen molar-refractivity contribution in [3.8, 4) is 11.3 Å². The molecule has 26 heavy (non-hydrogen) atoms. The number of amides is 2. The van der Waals surface area contributed by atoms with Crippen LogP contribution in [0.1, 0.15) is 30.4 Å². The molecule has 1 unspecified atom stereocenters. The third-order valence-corrected chi connectivity index (χ3v) is 6.03. The number of carbonyl (C=O) groups excluding carboxylic acids is 2. The zero-order valence-corrected chi connectivity index (χ0v) is 15.1. The number of nitrogens with one attached hydrogen (secondary N) is 1. The highest BCUT2D eigenvalue weighted by Crippen LogP contribution is 2.33.